The van der Waals surface area contributed by atoms with Gasteiger partial charge < -0.3 is 25.8 Å². The highest BCUT2D eigenvalue weighted by molar-refractivity contribution is 6.04. The van der Waals surface area contributed by atoms with Gasteiger partial charge in [0.15, 0.2) is 5.82 Å². The fraction of sp³-hybridized carbons (Fsp3) is 0.320. The van der Waals surface area contributed by atoms with Crippen LogP contribution in [0, 0.1) is 5.82 Å². The Labute approximate surface area is 214 Å². The molecule has 1 aliphatic heterocycles. The van der Waals surface area contributed by atoms with Crippen molar-refractivity contribution in [2.45, 2.75) is 31.1 Å². The number of aromatic nitrogens is 2. The van der Waals surface area contributed by atoms with Gasteiger partial charge in [-0.1, -0.05) is 24.3 Å². The minimum Gasteiger partial charge on any atom is -0.496 e. The lowest BCUT2D eigenvalue weighted by molar-refractivity contribution is -0.212. The van der Waals surface area contributed by atoms with Gasteiger partial charge in [-0.3, -0.25) is 14.7 Å². The first-order valence-corrected chi connectivity index (χ1v) is 11.6. The zero-order valence-electron chi connectivity index (χ0n) is 20.2. The number of benzene rings is 2. The molecule has 0 atom stereocenters. The Bertz CT molecular complexity index is 1320. The molecule has 5 N–H and O–H groups in total. The molecule has 2 amide bonds. The van der Waals surface area contributed by atoms with Crippen LogP contribution in [-0.4, -0.2) is 54.1 Å². The molecule has 1 aromatic heterocycles. The molecule has 9 nitrogen and oxygen atoms in total. The molecular weight excluding hydrogens is 510 g/mol. The second-order valence-electron chi connectivity index (χ2n) is 8.73. The van der Waals surface area contributed by atoms with Crippen molar-refractivity contribution >= 4 is 17.6 Å². The smallest absolute Gasteiger partial charge is 0.411 e. The molecule has 0 saturated carbocycles. The summed E-state index contributed by atoms with van der Waals surface area (Å²) in [6.45, 7) is -0.192. The number of methoxy groups -OCH3 is 1. The molecule has 1 aliphatic rings. The zero-order chi connectivity index (χ0) is 27.5. The Morgan fingerprint density at radius 1 is 1.13 bits per heavy atom. The molecule has 0 aliphatic carbocycles. The molecule has 1 saturated heterocycles. The molecule has 1 fully saturated rings. The molecule has 2 aromatic carbocycles. The van der Waals surface area contributed by atoms with Crippen LogP contribution in [0.3, 0.4) is 0 Å². The van der Waals surface area contributed by atoms with Gasteiger partial charge in [-0.05, 0) is 23.8 Å². The summed E-state index contributed by atoms with van der Waals surface area (Å²) < 4.78 is 65.4. The highest BCUT2D eigenvalue weighted by Crippen LogP contribution is 2.39. The Morgan fingerprint density at radius 2 is 1.82 bits per heavy atom. The van der Waals surface area contributed by atoms with Gasteiger partial charge in [0.2, 0.25) is 0 Å². The van der Waals surface area contributed by atoms with E-state index in [2.05, 4.69) is 20.8 Å². The van der Waals surface area contributed by atoms with Gasteiger partial charge in [0.1, 0.15) is 22.7 Å². The van der Waals surface area contributed by atoms with E-state index in [0.717, 1.165) is 6.07 Å². The van der Waals surface area contributed by atoms with Crippen molar-refractivity contribution in [1.29, 1.82) is 0 Å². The number of aromatic amines is 1. The highest BCUT2D eigenvalue weighted by atomic mass is 19.4. The number of ether oxygens (including phenoxy) is 2. The van der Waals surface area contributed by atoms with Crippen LogP contribution in [0.4, 0.5) is 23.4 Å². The second-order valence-corrected chi connectivity index (χ2v) is 8.73. The first-order chi connectivity index (χ1) is 18.0. The topological polar surface area (TPSA) is 131 Å². The molecule has 0 spiro atoms. The number of hydrogen-bond donors (Lipinski definition) is 4. The molecule has 202 valence electrons. The van der Waals surface area contributed by atoms with Crippen LogP contribution in [0.25, 0.3) is 11.3 Å². The van der Waals surface area contributed by atoms with Crippen LogP contribution in [-0.2, 0) is 11.3 Å². The molecule has 3 aromatic rings. The van der Waals surface area contributed by atoms with E-state index in [1.165, 1.54) is 19.2 Å². The average Bonchev–Trinajstić information content (AvgIpc) is 3.29. The van der Waals surface area contributed by atoms with Crippen LogP contribution >= 0.6 is 0 Å². The lowest BCUT2D eigenvalue weighted by Gasteiger charge is -2.39. The normalized spacial score (nSPS) is 15.1. The van der Waals surface area contributed by atoms with Crippen molar-refractivity contribution in [2.75, 3.05) is 26.1 Å². The van der Waals surface area contributed by atoms with E-state index in [1.807, 2.05) is 0 Å². The number of nitrogens with two attached hydrogens (primary N) is 1. The summed E-state index contributed by atoms with van der Waals surface area (Å²) in [7, 11) is 1.37. The fourth-order valence-corrected chi connectivity index (χ4v) is 4.20. The van der Waals surface area contributed by atoms with E-state index in [0.29, 0.717) is 11.1 Å². The quantitative estimate of drug-likeness (QED) is 0.342. The largest absolute Gasteiger partial charge is 0.496 e. The minimum absolute atomic E-state index is 0.0360. The first kappa shape index (κ1) is 26.9. The molecule has 38 heavy (non-hydrogen) atoms. The zero-order valence-corrected chi connectivity index (χ0v) is 20.2. The number of carbonyl (C=O) groups is 2. The molecule has 4 rings (SSSR count). The van der Waals surface area contributed by atoms with E-state index in [9.17, 15) is 27.2 Å². The van der Waals surface area contributed by atoms with Gasteiger partial charge in [-0.2, -0.15) is 18.3 Å². The third-order valence-electron chi connectivity index (χ3n) is 6.36. The van der Waals surface area contributed by atoms with Crippen molar-refractivity contribution in [3.63, 3.8) is 0 Å². The number of H-pyrrole nitrogens is 1. The van der Waals surface area contributed by atoms with Gasteiger partial charge in [-0.15, -0.1) is 0 Å². The van der Waals surface area contributed by atoms with Gasteiger partial charge in [0.25, 0.3) is 11.8 Å². The average molecular weight is 535 g/mol. The summed E-state index contributed by atoms with van der Waals surface area (Å²) >= 11 is 0. The predicted molar refractivity (Wildman–Crippen MR) is 129 cm³/mol. The lowest BCUT2D eigenvalue weighted by Crippen LogP contribution is -2.61. The number of anilines is 1. The minimum atomic E-state index is -4.69. The lowest BCUT2D eigenvalue weighted by atomic mass is 9.88. The third-order valence-corrected chi connectivity index (χ3v) is 6.36. The van der Waals surface area contributed by atoms with Crippen LogP contribution in [0.15, 0.2) is 42.5 Å². The van der Waals surface area contributed by atoms with Crippen molar-refractivity contribution in [3.05, 3.63) is 65.0 Å². The summed E-state index contributed by atoms with van der Waals surface area (Å²) in [6, 6.07) is 10.1. The van der Waals surface area contributed by atoms with Crippen LogP contribution in [0.2, 0.25) is 0 Å². The second kappa shape index (κ2) is 10.7. The highest BCUT2D eigenvalue weighted by Gasteiger charge is 2.56. The summed E-state index contributed by atoms with van der Waals surface area (Å²) in [5, 5.41) is 11.2. The number of carbonyl (C=O) groups excluding carboxylic acids is 2. The predicted octanol–water partition coefficient (Wildman–Crippen LogP) is 3.58. The van der Waals surface area contributed by atoms with Gasteiger partial charge in [-0.25, -0.2) is 4.39 Å². The Morgan fingerprint density at radius 3 is 2.45 bits per heavy atom. The number of halogens is 4. The van der Waals surface area contributed by atoms with Gasteiger partial charge in [0, 0.05) is 38.2 Å². The summed E-state index contributed by atoms with van der Waals surface area (Å²) in [5.74, 6) is -2.17. The number of amides is 2. The number of alkyl halides is 3. The van der Waals surface area contributed by atoms with Crippen LogP contribution in [0.5, 0.6) is 5.75 Å². The Balaban J connectivity index is 1.49. The van der Waals surface area contributed by atoms with Crippen molar-refractivity contribution < 1.29 is 36.6 Å². The number of nitrogen functional groups attached to an aromatic ring is 1. The number of rotatable bonds is 7. The molecular formula is C25H25F4N5O4. The molecule has 13 heteroatoms. The molecule has 0 unspecified atom stereocenters. The maximum absolute atomic E-state index is 13.9. The van der Waals surface area contributed by atoms with Gasteiger partial charge >= 0.3 is 6.18 Å². The van der Waals surface area contributed by atoms with Crippen molar-refractivity contribution in [3.8, 4) is 17.0 Å². The Kier molecular flexibility index (Phi) is 7.58. The number of nitrogens with zero attached hydrogens (tertiary/aromatic N) is 1. The van der Waals surface area contributed by atoms with Gasteiger partial charge in [0.05, 0.1) is 18.4 Å². The van der Waals surface area contributed by atoms with Crippen molar-refractivity contribution in [2.24, 2.45) is 0 Å². The van der Waals surface area contributed by atoms with E-state index in [4.69, 9.17) is 15.2 Å². The van der Waals surface area contributed by atoms with E-state index >= 15 is 0 Å². The fourth-order valence-electron chi connectivity index (χ4n) is 4.20. The molecule has 0 bridgehead atoms. The number of hydrogen-bond acceptors (Lipinski definition) is 6. The molecule has 2 heterocycles. The summed E-state index contributed by atoms with van der Waals surface area (Å²) in [4.78, 5) is 25.5. The monoisotopic (exact) mass is 535 g/mol. The summed E-state index contributed by atoms with van der Waals surface area (Å²) in [5.41, 5.74) is 4.48. The van der Waals surface area contributed by atoms with E-state index in [-0.39, 0.29) is 48.1 Å². The van der Waals surface area contributed by atoms with Crippen LogP contribution < -0.4 is 21.1 Å². The number of nitrogens with one attached hydrogen (secondary N) is 3. The summed E-state index contributed by atoms with van der Waals surface area (Å²) in [6.07, 6.45) is -5.53. The standard InChI is InChI=1S/C25H25F4N5O4/c1-37-18-7-6-16(26)12-17(18)22(35)31-13-14-2-4-15(5-3-14)20-19(21(30)34-33-20)23(36)32-24(25(27,28)29)8-10-38-11-9-24/h2-7,12H,8-11,13H2,1H3,(H,31,35)(H,32,36)(H3,30,33,34). The first-order valence-electron chi connectivity index (χ1n) is 11.6. The van der Waals surface area contributed by atoms with Crippen LogP contribution in [0.1, 0.15) is 39.1 Å². The van der Waals surface area contributed by atoms with E-state index < -0.39 is 42.2 Å². The maximum atomic E-state index is 13.9. The maximum Gasteiger partial charge on any atom is 0.411 e. The SMILES string of the molecule is COc1ccc(F)cc1C(=O)NCc1ccc(-c2[nH]nc(N)c2C(=O)NC2(C(F)(F)F)CCOCC2)cc1. The van der Waals surface area contributed by atoms with Crippen molar-refractivity contribution in [1.82, 2.24) is 20.8 Å². The Hall–Kier alpha value is -4.13. The van der Waals surface area contributed by atoms with E-state index in [1.54, 1.807) is 24.3 Å². The third kappa shape index (κ3) is 5.42. The molecule has 0 radical (unpaired) electrons.